The molecule has 1 amide bonds. The van der Waals surface area contributed by atoms with Gasteiger partial charge in [-0.2, -0.15) is 5.26 Å². The van der Waals surface area contributed by atoms with E-state index in [0.29, 0.717) is 22.6 Å². The van der Waals surface area contributed by atoms with E-state index in [2.05, 4.69) is 10.3 Å². The number of sulfone groups is 1. The summed E-state index contributed by atoms with van der Waals surface area (Å²) in [5.74, 6) is 0.170. The van der Waals surface area contributed by atoms with Crippen molar-refractivity contribution >= 4 is 21.4 Å². The zero-order chi connectivity index (χ0) is 23.1. The predicted octanol–water partition coefficient (Wildman–Crippen LogP) is 3.73. The first-order chi connectivity index (χ1) is 15.3. The number of hydrogen-bond acceptors (Lipinski definition) is 7. The number of nitrogens with zero attached hydrogens (tertiary/aromatic N) is 2. The van der Waals surface area contributed by atoms with Crippen LogP contribution in [-0.4, -0.2) is 38.8 Å². The Kier molecular flexibility index (Phi) is 7.20. The number of amides is 1. The van der Waals surface area contributed by atoms with Gasteiger partial charge in [0.25, 0.3) is 5.91 Å². The summed E-state index contributed by atoms with van der Waals surface area (Å²) in [5, 5.41) is 11.9. The molecule has 3 aromatic rings. The first-order valence-electron chi connectivity index (χ1n) is 9.61. The Morgan fingerprint density at radius 1 is 1.16 bits per heavy atom. The molecule has 0 aliphatic heterocycles. The van der Waals surface area contributed by atoms with Crippen LogP contribution < -0.4 is 10.1 Å². The van der Waals surface area contributed by atoms with Crippen molar-refractivity contribution < 1.29 is 22.7 Å². The molecule has 8 nitrogen and oxygen atoms in total. The van der Waals surface area contributed by atoms with E-state index in [1.807, 2.05) is 6.07 Å². The van der Waals surface area contributed by atoms with Crippen LogP contribution in [0.1, 0.15) is 21.5 Å². The molecule has 0 saturated carbocycles. The smallest absolute Gasteiger partial charge is 0.255 e. The van der Waals surface area contributed by atoms with E-state index in [1.54, 1.807) is 37.3 Å². The Hall–Kier alpha value is -3.74. The Bertz CT molecular complexity index is 1270. The van der Waals surface area contributed by atoms with Gasteiger partial charge in [-0.15, -0.1) is 0 Å². The molecule has 0 aliphatic rings. The summed E-state index contributed by atoms with van der Waals surface area (Å²) in [6.45, 7) is 1.90. The van der Waals surface area contributed by atoms with Crippen molar-refractivity contribution in [3.63, 3.8) is 0 Å². The van der Waals surface area contributed by atoms with Crippen LogP contribution in [0.2, 0.25) is 0 Å². The highest BCUT2D eigenvalue weighted by atomic mass is 32.2. The number of aromatic nitrogens is 1. The highest BCUT2D eigenvalue weighted by Crippen LogP contribution is 2.27. The number of nitriles is 1. The lowest BCUT2D eigenvalue weighted by molar-refractivity contribution is 0.102. The fourth-order valence-corrected chi connectivity index (χ4v) is 4.00. The topological polar surface area (TPSA) is 118 Å². The maximum absolute atomic E-state index is 12.6. The van der Waals surface area contributed by atoms with E-state index in [9.17, 15) is 13.2 Å². The largest absolute Gasteiger partial charge is 0.438 e. The average Bonchev–Trinajstić information content (AvgIpc) is 2.80. The van der Waals surface area contributed by atoms with Gasteiger partial charge in [0.1, 0.15) is 17.4 Å². The summed E-state index contributed by atoms with van der Waals surface area (Å²) >= 11 is 0. The Morgan fingerprint density at radius 2 is 1.91 bits per heavy atom. The first-order valence-corrected chi connectivity index (χ1v) is 11.3. The lowest BCUT2D eigenvalue weighted by Gasteiger charge is -2.12. The molecule has 0 fully saturated rings. The highest BCUT2D eigenvalue weighted by molar-refractivity contribution is 7.91. The molecule has 0 bridgehead atoms. The van der Waals surface area contributed by atoms with Gasteiger partial charge < -0.3 is 14.8 Å². The number of aryl methyl sites for hydroxylation is 1. The maximum Gasteiger partial charge on any atom is 0.255 e. The van der Waals surface area contributed by atoms with E-state index < -0.39 is 9.84 Å². The van der Waals surface area contributed by atoms with Crippen LogP contribution >= 0.6 is 0 Å². The van der Waals surface area contributed by atoms with Crippen molar-refractivity contribution in [1.82, 2.24) is 4.98 Å². The van der Waals surface area contributed by atoms with Crippen LogP contribution in [0.25, 0.3) is 0 Å². The van der Waals surface area contributed by atoms with E-state index in [4.69, 9.17) is 14.7 Å². The van der Waals surface area contributed by atoms with Crippen LogP contribution in [0.15, 0.2) is 65.7 Å². The molecular weight excluding hydrogens is 430 g/mol. The molecule has 2 aromatic carbocycles. The third-order valence-electron chi connectivity index (χ3n) is 4.58. The quantitative estimate of drug-likeness (QED) is 0.554. The molecule has 9 heteroatoms. The molecule has 1 heterocycles. The second kappa shape index (κ2) is 10.0. The minimum Gasteiger partial charge on any atom is -0.438 e. The number of carbonyl (C=O) groups is 1. The molecule has 1 aromatic heterocycles. The molecule has 0 unspecified atom stereocenters. The number of carbonyl (C=O) groups excluding carboxylic acids is 1. The normalized spacial score (nSPS) is 10.9. The molecular formula is C23H21N3O5S. The Labute approximate surface area is 186 Å². The molecule has 0 atom stereocenters. The average molecular weight is 452 g/mol. The van der Waals surface area contributed by atoms with Crippen LogP contribution in [-0.2, 0) is 14.6 Å². The summed E-state index contributed by atoms with van der Waals surface area (Å²) in [4.78, 5) is 16.8. The number of benzene rings is 2. The van der Waals surface area contributed by atoms with Gasteiger partial charge in [-0.1, -0.05) is 0 Å². The van der Waals surface area contributed by atoms with Crippen molar-refractivity contribution in [3.05, 3.63) is 77.5 Å². The summed E-state index contributed by atoms with van der Waals surface area (Å²) in [7, 11) is -2.03. The number of nitrogens with one attached hydrogen (secondary N) is 1. The number of methoxy groups -OCH3 is 1. The molecule has 1 N–H and O–H groups in total. The highest BCUT2D eigenvalue weighted by Gasteiger charge is 2.16. The fraction of sp³-hybridized carbons (Fsp3) is 0.174. The van der Waals surface area contributed by atoms with Gasteiger partial charge in [0.15, 0.2) is 9.84 Å². The van der Waals surface area contributed by atoms with Crippen molar-refractivity contribution in [2.45, 2.75) is 11.8 Å². The molecule has 0 aliphatic carbocycles. The summed E-state index contributed by atoms with van der Waals surface area (Å²) in [6.07, 6.45) is 1.53. The SMILES string of the molecule is COCCS(=O)(=O)c1ccc(C(=O)Nc2ccc(Oc3ncccc3C#N)cc2C)cc1. The van der Waals surface area contributed by atoms with Gasteiger partial charge >= 0.3 is 0 Å². The van der Waals surface area contributed by atoms with Gasteiger partial charge in [0.05, 0.1) is 17.3 Å². The number of ether oxygens (including phenoxy) is 2. The lowest BCUT2D eigenvalue weighted by atomic mass is 10.1. The first kappa shape index (κ1) is 22.9. The van der Waals surface area contributed by atoms with E-state index in [-0.39, 0.29) is 29.0 Å². The van der Waals surface area contributed by atoms with Gasteiger partial charge in [0, 0.05) is 24.6 Å². The van der Waals surface area contributed by atoms with E-state index in [1.165, 1.54) is 37.6 Å². The second-order valence-corrected chi connectivity index (χ2v) is 8.95. The summed E-state index contributed by atoms with van der Waals surface area (Å²) < 4.78 is 34.9. The van der Waals surface area contributed by atoms with Gasteiger partial charge in [-0.05, 0) is 67.1 Å². The number of rotatable bonds is 8. The molecule has 0 radical (unpaired) electrons. The number of anilines is 1. The van der Waals surface area contributed by atoms with E-state index in [0.717, 1.165) is 5.56 Å². The van der Waals surface area contributed by atoms with Crippen molar-refractivity contribution in [3.8, 4) is 17.7 Å². The van der Waals surface area contributed by atoms with Crippen molar-refractivity contribution in [2.75, 3.05) is 24.8 Å². The summed E-state index contributed by atoms with van der Waals surface area (Å²) in [5.41, 5.74) is 1.95. The van der Waals surface area contributed by atoms with Gasteiger partial charge in [-0.3, -0.25) is 4.79 Å². The third-order valence-corrected chi connectivity index (χ3v) is 6.28. The van der Waals surface area contributed by atoms with E-state index >= 15 is 0 Å². The van der Waals surface area contributed by atoms with Crippen LogP contribution in [0.3, 0.4) is 0 Å². The lowest BCUT2D eigenvalue weighted by Crippen LogP contribution is -2.14. The number of pyridine rings is 1. The minimum absolute atomic E-state index is 0.0989. The van der Waals surface area contributed by atoms with Gasteiger partial charge in [-0.25, -0.2) is 13.4 Å². The molecule has 3 rings (SSSR count). The van der Waals surface area contributed by atoms with Crippen LogP contribution in [0.4, 0.5) is 5.69 Å². The summed E-state index contributed by atoms with van der Waals surface area (Å²) in [6, 6.07) is 16.1. The zero-order valence-electron chi connectivity index (χ0n) is 17.5. The Balaban J connectivity index is 1.71. The standard InChI is InChI=1S/C23H21N3O5S/c1-16-14-19(31-23-18(15-24)4-3-11-25-23)7-10-21(16)26-22(27)17-5-8-20(9-6-17)32(28,29)13-12-30-2/h3-11,14H,12-13H2,1-2H3,(H,26,27). The van der Waals surface area contributed by atoms with Crippen LogP contribution in [0, 0.1) is 18.3 Å². The minimum atomic E-state index is -3.46. The fourth-order valence-electron chi connectivity index (χ4n) is 2.83. The van der Waals surface area contributed by atoms with Crippen molar-refractivity contribution in [1.29, 1.82) is 5.26 Å². The zero-order valence-corrected chi connectivity index (χ0v) is 18.3. The monoisotopic (exact) mass is 451 g/mol. The molecule has 0 spiro atoms. The molecule has 0 saturated heterocycles. The number of hydrogen-bond donors (Lipinski definition) is 1. The van der Waals surface area contributed by atoms with Gasteiger partial charge in [0.2, 0.25) is 5.88 Å². The molecule has 32 heavy (non-hydrogen) atoms. The Morgan fingerprint density at radius 3 is 2.56 bits per heavy atom. The predicted molar refractivity (Wildman–Crippen MR) is 119 cm³/mol. The van der Waals surface area contributed by atoms with Crippen LogP contribution in [0.5, 0.6) is 11.6 Å². The molecule has 164 valence electrons. The van der Waals surface area contributed by atoms with Crippen molar-refractivity contribution in [2.24, 2.45) is 0 Å². The second-order valence-electron chi connectivity index (χ2n) is 6.84. The third kappa shape index (κ3) is 5.49. The maximum atomic E-state index is 12.6.